The lowest BCUT2D eigenvalue weighted by molar-refractivity contribution is -0.116. The Balaban J connectivity index is 0.00000320. The second kappa shape index (κ2) is 13.2. The van der Waals surface area contributed by atoms with Crippen molar-refractivity contribution in [3.05, 3.63) is 48.3 Å². The Bertz CT molecular complexity index is 793. The zero-order valence-corrected chi connectivity index (χ0v) is 19.7. The molecule has 0 aliphatic heterocycles. The standard InChI is InChI=1S/C21H30N6O2.HI/c1-22-21(23-9-4-12-29-16-17-7-8-17)24-14-18-5-2-6-19(13-18)26-20(28)15-27-11-3-10-25-27;/h2-3,5-6,10-11,13,17H,4,7-9,12,14-16H2,1H3,(H,26,28)(H2,22,23,24);1H. The Morgan fingerprint density at radius 2 is 2.17 bits per heavy atom. The maximum atomic E-state index is 12.1. The van der Waals surface area contributed by atoms with Crippen molar-refractivity contribution in [3.63, 3.8) is 0 Å². The number of carbonyl (C=O) groups excluding carboxylic acids is 1. The maximum Gasteiger partial charge on any atom is 0.246 e. The first-order valence-electron chi connectivity index (χ1n) is 10.1. The average Bonchev–Trinajstić information content (AvgIpc) is 3.41. The van der Waals surface area contributed by atoms with E-state index in [0.717, 1.165) is 49.3 Å². The van der Waals surface area contributed by atoms with Gasteiger partial charge in [-0.3, -0.25) is 14.5 Å². The lowest BCUT2D eigenvalue weighted by Crippen LogP contribution is -2.37. The highest BCUT2D eigenvalue weighted by Gasteiger charge is 2.20. The highest BCUT2D eigenvalue weighted by atomic mass is 127. The van der Waals surface area contributed by atoms with E-state index in [9.17, 15) is 4.79 Å². The number of nitrogens with one attached hydrogen (secondary N) is 3. The number of anilines is 1. The first kappa shape index (κ1) is 24.1. The van der Waals surface area contributed by atoms with E-state index in [4.69, 9.17) is 4.74 Å². The monoisotopic (exact) mass is 526 g/mol. The summed E-state index contributed by atoms with van der Waals surface area (Å²) in [6.45, 7) is 3.30. The minimum absolute atomic E-state index is 0. The number of aliphatic imine (C=N–C) groups is 1. The summed E-state index contributed by atoms with van der Waals surface area (Å²) in [5.74, 6) is 1.45. The molecule has 1 fully saturated rings. The van der Waals surface area contributed by atoms with Gasteiger partial charge in [0.05, 0.1) is 0 Å². The molecule has 8 nitrogen and oxygen atoms in total. The van der Waals surface area contributed by atoms with Crippen LogP contribution in [0.4, 0.5) is 5.69 Å². The van der Waals surface area contributed by atoms with Crippen LogP contribution in [0.5, 0.6) is 0 Å². The topological polar surface area (TPSA) is 92.6 Å². The molecule has 0 unspecified atom stereocenters. The molecule has 30 heavy (non-hydrogen) atoms. The molecule has 1 amide bonds. The normalized spacial score (nSPS) is 13.4. The van der Waals surface area contributed by atoms with Crippen LogP contribution in [-0.4, -0.2) is 48.5 Å². The number of halogens is 1. The fraction of sp³-hybridized carbons (Fsp3) is 0.476. The Labute approximate surface area is 194 Å². The maximum absolute atomic E-state index is 12.1. The second-order valence-electron chi connectivity index (χ2n) is 7.18. The summed E-state index contributed by atoms with van der Waals surface area (Å²) in [5.41, 5.74) is 1.81. The molecule has 9 heteroatoms. The van der Waals surface area contributed by atoms with Crippen LogP contribution < -0.4 is 16.0 Å². The van der Waals surface area contributed by atoms with Gasteiger partial charge in [0, 0.05) is 51.4 Å². The lowest BCUT2D eigenvalue weighted by Gasteiger charge is -2.13. The van der Waals surface area contributed by atoms with Gasteiger partial charge >= 0.3 is 0 Å². The van der Waals surface area contributed by atoms with Gasteiger partial charge in [0.1, 0.15) is 6.54 Å². The van der Waals surface area contributed by atoms with Gasteiger partial charge in [0.25, 0.3) is 0 Å². The molecule has 3 rings (SSSR count). The van der Waals surface area contributed by atoms with Gasteiger partial charge in [0.15, 0.2) is 5.96 Å². The molecule has 3 N–H and O–H groups in total. The van der Waals surface area contributed by atoms with Gasteiger partial charge in [-0.2, -0.15) is 5.10 Å². The van der Waals surface area contributed by atoms with Crippen molar-refractivity contribution < 1.29 is 9.53 Å². The van der Waals surface area contributed by atoms with Crippen molar-refractivity contribution in [1.82, 2.24) is 20.4 Å². The molecule has 1 aromatic carbocycles. The third-order valence-electron chi connectivity index (χ3n) is 4.57. The summed E-state index contributed by atoms with van der Waals surface area (Å²) in [6.07, 6.45) is 7.01. The van der Waals surface area contributed by atoms with E-state index in [2.05, 4.69) is 26.0 Å². The third kappa shape index (κ3) is 9.12. The smallest absolute Gasteiger partial charge is 0.246 e. The van der Waals surface area contributed by atoms with Crippen LogP contribution in [0.15, 0.2) is 47.7 Å². The Morgan fingerprint density at radius 3 is 2.90 bits per heavy atom. The van der Waals surface area contributed by atoms with Crippen molar-refractivity contribution in [1.29, 1.82) is 0 Å². The van der Waals surface area contributed by atoms with E-state index >= 15 is 0 Å². The fourth-order valence-corrected chi connectivity index (χ4v) is 2.82. The first-order chi connectivity index (χ1) is 14.2. The van der Waals surface area contributed by atoms with E-state index < -0.39 is 0 Å². The molecule has 1 aliphatic rings. The summed E-state index contributed by atoms with van der Waals surface area (Å²) in [7, 11) is 1.75. The van der Waals surface area contributed by atoms with Gasteiger partial charge in [-0.1, -0.05) is 12.1 Å². The van der Waals surface area contributed by atoms with E-state index in [-0.39, 0.29) is 36.4 Å². The number of rotatable bonds is 11. The fourth-order valence-electron chi connectivity index (χ4n) is 2.82. The number of aromatic nitrogens is 2. The number of hydrogen-bond acceptors (Lipinski definition) is 4. The highest BCUT2D eigenvalue weighted by molar-refractivity contribution is 14.0. The second-order valence-corrected chi connectivity index (χ2v) is 7.18. The molecule has 2 aromatic rings. The van der Waals surface area contributed by atoms with E-state index in [1.165, 1.54) is 12.8 Å². The van der Waals surface area contributed by atoms with Gasteiger partial charge in [0.2, 0.25) is 5.91 Å². The molecule has 0 spiro atoms. The minimum atomic E-state index is -0.111. The zero-order valence-electron chi connectivity index (χ0n) is 17.3. The predicted molar refractivity (Wildman–Crippen MR) is 129 cm³/mol. The molecule has 0 bridgehead atoms. The Kier molecular flexibility index (Phi) is 10.6. The zero-order chi connectivity index (χ0) is 20.3. The third-order valence-corrected chi connectivity index (χ3v) is 4.57. The Morgan fingerprint density at radius 1 is 1.30 bits per heavy atom. The highest BCUT2D eigenvalue weighted by Crippen LogP contribution is 2.28. The molecule has 0 saturated heterocycles. The predicted octanol–water partition coefficient (Wildman–Crippen LogP) is 2.62. The Hall–Kier alpha value is -2.14. The van der Waals surface area contributed by atoms with Gasteiger partial charge in [-0.15, -0.1) is 24.0 Å². The summed E-state index contributed by atoms with van der Waals surface area (Å²) in [5, 5.41) is 13.5. The number of guanidine groups is 1. The minimum Gasteiger partial charge on any atom is -0.381 e. The van der Waals surface area contributed by atoms with Crippen molar-refractivity contribution in [2.45, 2.75) is 32.4 Å². The number of nitrogens with zero attached hydrogens (tertiary/aromatic N) is 3. The van der Waals surface area contributed by atoms with Crippen LogP contribution in [0, 0.1) is 5.92 Å². The largest absolute Gasteiger partial charge is 0.381 e. The van der Waals surface area contributed by atoms with Crippen LogP contribution in [0.25, 0.3) is 0 Å². The quantitative estimate of drug-likeness (QED) is 0.181. The molecule has 1 heterocycles. The van der Waals surface area contributed by atoms with Crippen LogP contribution in [0.1, 0.15) is 24.8 Å². The molecular formula is C21H31IN6O2. The van der Waals surface area contributed by atoms with Crippen molar-refractivity contribution >= 4 is 41.5 Å². The summed E-state index contributed by atoms with van der Waals surface area (Å²) < 4.78 is 7.23. The van der Waals surface area contributed by atoms with E-state index in [1.807, 2.05) is 24.3 Å². The average molecular weight is 526 g/mol. The van der Waals surface area contributed by atoms with E-state index in [0.29, 0.717) is 6.54 Å². The van der Waals surface area contributed by atoms with Crippen LogP contribution in [-0.2, 0) is 22.6 Å². The number of ether oxygens (including phenoxy) is 1. The SMILES string of the molecule is CN=C(NCCCOCC1CC1)NCc1cccc(NC(=O)Cn2cccn2)c1.I. The summed E-state index contributed by atoms with van der Waals surface area (Å²) in [4.78, 5) is 16.4. The number of amides is 1. The first-order valence-corrected chi connectivity index (χ1v) is 10.1. The van der Waals surface area contributed by atoms with Crippen molar-refractivity contribution in [2.24, 2.45) is 10.9 Å². The van der Waals surface area contributed by atoms with Crippen molar-refractivity contribution in [2.75, 3.05) is 32.1 Å². The molecule has 1 saturated carbocycles. The summed E-state index contributed by atoms with van der Waals surface area (Å²) in [6, 6.07) is 9.55. The van der Waals surface area contributed by atoms with Crippen LogP contribution in [0.2, 0.25) is 0 Å². The van der Waals surface area contributed by atoms with E-state index in [1.54, 1.807) is 30.2 Å². The number of carbonyl (C=O) groups is 1. The van der Waals surface area contributed by atoms with Crippen LogP contribution >= 0.6 is 24.0 Å². The summed E-state index contributed by atoms with van der Waals surface area (Å²) >= 11 is 0. The number of hydrogen-bond donors (Lipinski definition) is 3. The lowest BCUT2D eigenvalue weighted by atomic mass is 10.2. The van der Waals surface area contributed by atoms with Gasteiger partial charge in [-0.25, -0.2) is 0 Å². The van der Waals surface area contributed by atoms with Crippen molar-refractivity contribution in [3.8, 4) is 0 Å². The molecule has 1 aliphatic carbocycles. The van der Waals surface area contributed by atoms with Crippen LogP contribution in [0.3, 0.4) is 0 Å². The molecule has 1 aromatic heterocycles. The molecule has 164 valence electrons. The molecule has 0 radical (unpaired) electrons. The number of benzene rings is 1. The van der Waals surface area contributed by atoms with Gasteiger partial charge < -0.3 is 20.7 Å². The van der Waals surface area contributed by atoms with Gasteiger partial charge in [-0.05, 0) is 48.9 Å². The molecular weight excluding hydrogens is 495 g/mol. The molecule has 0 atom stereocenters.